The molecule has 0 saturated heterocycles. The molecule has 12 heavy (non-hydrogen) atoms. The molecule has 0 aromatic rings. The largest absolute Gasteiger partial charge is 0.440 e. The van der Waals surface area contributed by atoms with Gasteiger partial charge >= 0.3 is 0 Å². The first-order chi connectivity index (χ1) is 5.52. The van der Waals surface area contributed by atoms with Gasteiger partial charge in [-0.05, 0) is 12.8 Å². The molecule has 1 aliphatic rings. The summed E-state index contributed by atoms with van der Waals surface area (Å²) in [6.45, 7) is -0.0147. The van der Waals surface area contributed by atoms with Gasteiger partial charge in [0.1, 0.15) is 0 Å². The molecule has 70 valence electrons. The molecule has 0 aromatic heterocycles. The van der Waals surface area contributed by atoms with Crippen molar-refractivity contribution >= 4 is 6.47 Å². The lowest BCUT2D eigenvalue weighted by Crippen LogP contribution is -2.59. The van der Waals surface area contributed by atoms with E-state index in [1.165, 1.54) is 0 Å². The Morgan fingerprint density at radius 2 is 1.92 bits per heavy atom. The van der Waals surface area contributed by atoms with Gasteiger partial charge in [-0.3, -0.25) is 10.5 Å². The summed E-state index contributed by atoms with van der Waals surface area (Å²) in [4.78, 5) is 9.93. The number of nitrogens with two attached hydrogens (primary N) is 1. The molecule has 2 N–H and O–H groups in total. The van der Waals surface area contributed by atoms with E-state index in [-0.39, 0.29) is 19.3 Å². The van der Waals surface area contributed by atoms with Gasteiger partial charge in [-0.25, -0.2) is 8.78 Å². The monoisotopic (exact) mass is 179 g/mol. The standard InChI is InChI=1S/C7H11F2NO2/c8-6(9)3-1-2-4-7(6,10)12-5-11/h5H,1-4,10H2/t7-/m0/s1. The van der Waals surface area contributed by atoms with Crippen LogP contribution in [0.5, 0.6) is 0 Å². The summed E-state index contributed by atoms with van der Waals surface area (Å²) in [5, 5.41) is 0. The van der Waals surface area contributed by atoms with Crippen LogP contribution < -0.4 is 5.73 Å². The van der Waals surface area contributed by atoms with E-state index in [0.717, 1.165) is 0 Å². The molecule has 1 atom stereocenters. The summed E-state index contributed by atoms with van der Waals surface area (Å²) in [7, 11) is 0. The Bertz CT molecular complexity index is 186. The Hall–Kier alpha value is -0.710. The fraction of sp³-hybridized carbons (Fsp3) is 0.857. The Morgan fingerprint density at radius 3 is 2.42 bits per heavy atom. The quantitative estimate of drug-likeness (QED) is 0.508. The van der Waals surface area contributed by atoms with Gasteiger partial charge in [0, 0.05) is 12.8 Å². The highest BCUT2D eigenvalue weighted by Gasteiger charge is 2.54. The second-order valence-electron chi connectivity index (χ2n) is 3.02. The van der Waals surface area contributed by atoms with E-state index < -0.39 is 11.6 Å². The average Bonchev–Trinajstić information content (AvgIpc) is 1.96. The van der Waals surface area contributed by atoms with E-state index in [1.54, 1.807) is 0 Å². The Kier molecular flexibility index (Phi) is 2.32. The first-order valence-corrected chi connectivity index (χ1v) is 3.80. The van der Waals surface area contributed by atoms with Gasteiger partial charge in [0.25, 0.3) is 12.4 Å². The fourth-order valence-electron chi connectivity index (χ4n) is 1.36. The fourth-order valence-corrected chi connectivity index (χ4v) is 1.36. The zero-order valence-corrected chi connectivity index (χ0v) is 6.56. The van der Waals surface area contributed by atoms with E-state index in [4.69, 9.17) is 5.73 Å². The molecule has 1 aliphatic carbocycles. The highest BCUT2D eigenvalue weighted by atomic mass is 19.3. The molecule has 1 fully saturated rings. The van der Waals surface area contributed by atoms with Gasteiger partial charge in [-0.15, -0.1) is 0 Å². The van der Waals surface area contributed by atoms with Gasteiger partial charge in [-0.2, -0.15) is 0 Å². The molecule has 0 amide bonds. The third-order valence-corrected chi connectivity index (χ3v) is 2.17. The number of alkyl halides is 2. The SMILES string of the molecule is N[C@]1(OC=O)CCCCC1(F)F. The molecule has 3 nitrogen and oxygen atoms in total. The van der Waals surface area contributed by atoms with Crippen LogP contribution in [0.15, 0.2) is 0 Å². The number of halogens is 2. The van der Waals surface area contributed by atoms with Crippen LogP contribution in [0, 0.1) is 0 Å². The summed E-state index contributed by atoms with van der Waals surface area (Å²) >= 11 is 0. The number of carbonyl (C=O) groups excluding carboxylic acids is 1. The van der Waals surface area contributed by atoms with Crippen LogP contribution in [0.4, 0.5) is 8.78 Å². The van der Waals surface area contributed by atoms with Gasteiger partial charge in [0.15, 0.2) is 0 Å². The van der Waals surface area contributed by atoms with Crippen molar-refractivity contribution in [2.24, 2.45) is 5.73 Å². The Morgan fingerprint density at radius 1 is 1.33 bits per heavy atom. The van der Waals surface area contributed by atoms with Crippen LogP contribution >= 0.6 is 0 Å². The molecule has 0 spiro atoms. The topological polar surface area (TPSA) is 52.3 Å². The molecule has 0 heterocycles. The van der Waals surface area contributed by atoms with Gasteiger partial charge in [-0.1, -0.05) is 0 Å². The number of rotatable bonds is 2. The number of ether oxygens (including phenoxy) is 1. The van der Waals surface area contributed by atoms with Crippen LogP contribution in [0.25, 0.3) is 0 Å². The second kappa shape index (κ2) is 2.97. The second-order valence-corrected chi connectivity index (χ2v) is 3.02. The summed E-state index contributed by atoms with van der Waals surface area (Å²) in [6, 6.07) is 0. The van der Waals surface area contributed by atoms with Crippen molar-refractivity contribution in [2.45, 2.75) is 37.3 Å². The maximum atomic E-state index is 13.0. The third kappa shape index (κ3) is 1.41. The zero-order chi connectivity index (χ0) is 9.24. The van der Waals surface area contributed by atoms with Crippen LogP contribution in [0.2, 0.25) is 0 Å². The number of hydrogen-bond donors (Lipinski definition) is 1. The van der Waals surface area contributed by atoms with Crippen molar-refractivity contribution in [3.05, 3.63) is 0 Å². The summed E-state index contributed by atoms with van der Waals surface area (Å²) in [6.07, 6.45) is 0.712. The molecule has 5 heteroatoms. The van der Waals surface area contributed by atoms with Gasteiger partial charge < -0.3 is 4.74 Å². The first-order valence-electron chi connectivity index (χ1n) is 3.80. The van der Waals surface area contributed by atoms with E-state index in [9.17, 15) is 13.6 Å². The lowest BCUT2D eigenvalue weighted by Gasteiger charge is -2.38. The van der Waals surface area contributed by atoms with Crippen molar-refractivity contribution in [2.75, 3.05) is 0 Å². The molecule has 0 aromatic carbocycles. The van der Waals surface area contributed by atoms with Crippen LogP contribution in [0.3, 0.4) is 0 Å². The lowest BCUT2D eigenvalue weighted by atomic mass is 9.88. The van der Waals surface area contributed by atoms with Gasteiger partial charge in [0.05, 0.1) is 0 Å². The number of carbonyl (C=O) groups is 1. The average molecular weight is 179 g/mol. The maximum Gasteiger partial charge on any atom is 0.300 e. The van der Waals surface area contributed by atoms with Crippen molar-refractivity contribution in [3.8, 4) is 0 Å². The van der Waals surface area contributed by atoms with E-state index in [2.05, 4.69) is 4.74 Å². The maximum absolute atomic E-state index is 13.0. The van der Waals surface area contributed by atoms with Crippen LogP contribution in [-0.2, 0) is 9.53 Å². The summed E-state index contributed by atoms with van der Waals surface area (Å²) in [5.41, 5.74) is 3.17. The lowest BCUT2D eigenvalue weighted by molar-refractivity contribution is -0.215. The van der Waals surface area contributed by atoms with Crippen molar-refractivity contribution in [1.29, 1.82) is 0 Å². The van der Waals surface area contributed by atoms with Crippen molar-refractivity contribution in [3.63, 3.8) is 0 Å². The normalized spacial score (nSPS) is 34.2. The molecule has 0 radical (unpaired) electrons. The minimum absolute atomic E-state index is 0.0147. The molecular formula is C7H11F2NO2. The van der Waals surface area contributed by atoms with Crippen molar-refractivity contribution < 1.29 is 18.3 Å². The Labute approximate surface area is 68.9 Å². The molecule has 1 saturated carbocycles. The minimum atomic E-state index is -3.09. The predicted molar refractivity (Wildman–Crippen MR) is 37.5 cm³/mol. The first kappa shape index (κ1) is 9.38. The molecular weight excluding hydrogens is 168 g/mol. The highest BCUT2D eigenvalue weighted by molar-refractivity contribution is 5.38. The van der Waals surface area contributed by atoms with E-state index >= 15 is 0 Å². The van der Waals surface area contributed by atoms with E-state index in [0.29, 0.717) is 12.8 Å². The predicted octanol–water partition coefficient (Wildman–Crippen LogP) is 1.02. The molecule has 0 aliphatic heterocycles. The van der Waals surface area contributed by atoms with Crippen LogP contribution in [-0.4, -0.2) is 18.1 Å². The highest BCUT2D eigenvalue weighted by Crippen LogP contribution is 2.40. The minimum Gasteiger partial charge on any atom is -0.440 e. The number of hydrogen-bond acceptors (Lipinski definition) is 3. The zero-order valence-electron chi connectivity index (χ0n) is 6.56. The van der Waals surface area contributed by atoms with Gasteiger partial charge in [0.2, 0.25) is 5.72 Å². The van der Waals surface area contributed by atoms with E-state index in [1.807, 2.05) is 0 Å². The Balaban J connectivity index is 2.76. The third-order valence-electron chi connectivity index (χ3n) is 2.17. The summed E-state index contributed by atoms with van der Waals surface area (Å²) < 4.78 is 30.3. The smallest absolute Gasteiger partial charge is 0.300 e. The van der Waals surface area contributed by atoms with Crippen LogP contribution in [0.1, 0.15) is 25.7 Å². The molecule has 1 rings (SSSR count). The molecule has 0 unspecified atom stereocenters. The van der Waals surface area contributed by atoms with Crippen molar-refractivity contribution in [1.82, 2.24) is 0 Å². The summed E-state index contributed by atoms with van der Waals surface area (Å²) in [5.74, 6) is -3.09. The molecule has 0 bridgehead atoms.